The second kappa shape index (κ2) is 6.26. The van der Waals surface area contributed by atoms with E-state index in [9.17, 15) is 10.1 Å². The number of amides is 1. The van der Waals surface area contributed by atoms with Gasteiger partial charge < -0.3 is 10.6 Å². The number of rotatable bonds is 4. The SMILES string of the molecule is N#C[C@H](Cc1ccc2ccccc2c1)NC(=O)C1NC2CCC1C2. The third-order valence-electron chi connectivity index (χ3n) is 5.37. The van der Waals surface area contributed by atoms with Gasteiger partial charge in [-0.1, -0.05) is 42.5 Å². The van der Waals surface area contributed by atoms with E-state index in [1.165, 1.54) is 11.8 Å². The molecule has 0 aromatic heterocycles. The number of hydrogen-bond acceptors (Lipinski definition) is 3. The molecule has 4 heteroatoms. The first kappa shape index (κ1) is 15.2. The lowest BCUT2D eigenvalue weighted by Gasteiger charge is -2.23. The molecule has 2 aromatic carbocycles. The molecule has 3 unspecified atom stereocenters. The van der Waals surface area contributed by atoms with E-state index in [1.54, 1.807) is 0 Å². The molecule has 2 N–H and O–H groups in total. The van der Waals surface area contributed by atoms with Crippen LogP contribution < -0.4 is 10.6 Å². The van der Waals surface area contributed by atoms with Gasteiger partial charge in [-0.25, -0.2) is 0 Å². The van der Waals surface area contributed by atoms with Crippen molar-refractivity contribution in [3.8, 4) is 6.07 Å². The molecule has 0 radical (unpaired) electrons. The van der Waals surface area contributed by atoms with Crippen molar-refractivity contribution < 1.29 is 4.79 Å². The zero-order valence-corrected chi connectivity index (χ0v) is 13.5. The Morgan fingerprint density at radius 1 is 1.25 bits per heavy atom. The molecule has 24 heavy (non-hydrogen) atoms. The number of nitriles is 1. The van der Waals surface area contributed by atoms with Crippen molar-refractivity contribution in [3.63, 3.8) is 0 Å². The average molecular weight is 319 g/mol. The highest BCUT2D eigenvalue weighted by Gasteiger charge is 2.42. The molecule has 2 aromatic rings. The summed E-state index contributed by atoms with van der Waals surface area (Å²) < 4.78 is 0. The fourth-order valence-corrected chi connectivity index (χ4v) is 4.14. The van der Waals surface area contributed by atoms with Crippen molar-refractivity contribution in [2.24, 2.45) is 5.92 Å². The second-order valence-electron chi connectivity index (χ2n) is 6.99. The summed E-state index contributed by atoms with van der Waals surface area (Å²) in [7, 11) is 0. The summed E-state index contributed by atoms with van der Waals surface area (Å²) in [6, 6.07) is 16.5. The first-order valence-electron chi connectivity index (χ1n) is 8.66. The number of carbonyl (C=O) groups is 1. The summed E-state index contributed by atoms with van der Waals surface area (Å²) >= 11 is 0. The molecule has 2 aliphatic rings. The van der Waals surface area contributed by atoms with Crippen LogP contribution in [0.4, 0.5) is 0 Å². The molecule has 0 spiro atoms. The largest absolute Gasteiger partial charge is 0.339 e. The predicted molar refractivity (Wildman–Crippen MR) is 93.2 cm³/mol. The summed E-state index contributed by atoms with van der Waals surface area (Å²) in [4.78, 5) is 12.5. The third-order valence-corrected chi connectivity index (χ3v) is 5.37. The maximum Gasteiger partial charge on any atom is 0.238 e. The van der Waals surface area contributed by atoms with Crippen molar-refractivity contribution in [1.82, 2.24) is 10.6 Å². The Morgan fingerprint density at radius 2 is 2.08 bits per heavy atom. The average Bonchev–Trinajstić information content (AvgIpc) is 3.24. The summed E-state index contributed by atoms with van der Waals surface area (Å²) in [5.74, 6) is 0.421. The van der Waals surface area contributed by atoms with Crippen LogP contribution in [-0.4, -0.2) is 24.0 Å². The lowest BCUT2D eigenvalue weighted by molar-refractivity contribution is -0.124. The molecular weight excluding hydrogens is 298 g/mol. The van der Waals surface area contributed by atoms with E-state index in [2.05, 4.69) is 41.0 Å². The molecule has 4 atom stereocenters. The van der Waals surface area contributed by atoms with Crippen LogP contribution >= 0.6 is 0 Å². The Balaban J connectivity index is 1.43. The Hall–Kier alpha value is -2.38. The van der Waals surface area contributed by atoms with Crippen LogP contribution in [0.15, 0.2) is 42.5 Å². The molecular formula is C20H21N3O. The maximum absolute atomic E-state index is 12.5. The van der Waals surface area contributed by atoms with Crippen LogP contribution in [0.25, 0.3) is 10.8 Å². The van der Waals surface area contributed by atoms with Crippen molar-refractivity contribution in [1.29, 1.82) is 5.26 Å². The first-order valence-corrected chi connectivity index (χ1v) is 8.66. The van der Waals surface area contributed by atoms with Gasteiger partial charge in [0.1, 0.15) is 6.04 Å². The number of fused-ring (bicyclic) bond motifs is 3. The summed E-state index contributed by atoms with van der Waals surface area (Å²) in [6.07, 6.45) is 3.93. The molecule has 1 amide bonds. The van der Waals surface area contributed by atoms with E-state index in [1.807, 2.05) is 18.2 Å². The van der Waals surface area contributed by atoms with Gasteiger partial charge in [-0.3, -0.25) is 4.79 Å². The zero-order valence-electron chi connectivity index (χ0n) is 13.5. The van der Waals surface area contributed by atoms with E-state index >= 15 is 0 Å². The summed E-state index contributed by atoms with van der Waals surface area (Å²) in [5.41, 5.74) is 1.07. The van der Waals surface area contributed by atoms with Crippen LogP contribution in [0, 0.1) is 17.2 Å². The highest BCUT2D eigenvalue weighted by molar-refractivity contribution is 5.84. The molecule has 1 aliphatic heterocycles. The van der Waals surface area contributed by atoms with Crippen molar-refractivity contribution in [2.75, 3.05) is 0 Å². The monoisotopic (exact) mass is 319 g/mol. The molecule has 2 bridgehead atoms. The maximum atomic E-state index is 12.5. The van der Waals surface area contributed by atoms with Crippen molar-refractivity contribution in [2.45, 2.75) is 43.8 Å². The minimum Gasteiger partial charge on any atom is -0.339 e. The number of carbonyl (C=O) groups excluding carboxylic acids is 1. The van der Waals surface area contributed by atoms with E-state index in [0.29, 0.717) is 18.4 Å². The van der Waals surface area contributed by atoms with Gasteiger partial charge in [0.05, 0.1) is 12.1 Å². The zero-order chi connectivity index (χ0) is 16.5. The number of piperidine rings is 1. The second-order valence-corrected chi connectivity index (χ2v) is 6.99. The van der Waals surface area contributed by atoms with Crippen molar-refractivity contribution >= 4 is 16.7 Å². The fraction of sp³-hybridized carbons (Fsp3) is 0.400. The van der Waals surface area contributed by atoms with Gasteiger partial charge in [0.15, 0.2) is 0 Å². The summed E-state index contributed by atoms with van der Waals surface area (Å²) in [5, 5.41) is 18.1. The standard InChI is InChI=1S/C20H21N3O/c21-12-18(23-20(24)19-16-7-8-17(11-16)22-19)10-13-5-6-14-3-1-2-4-15(14)9-13/h1-6,9,16-19,22H,7-8,10-11H2,(H,23,24)/t16?,17?,18-,19?/m0/s1. The molecule has 1 saturated carbocycles. The molecule has 1 saturated heterocycles. The van der Waals surface area contributed by atoms with Gasteiger partial charge >= 0.3 is 0 Å². The van der Waals surface area contributed by atoms with E-state index < -0.39 is 6.04 Å². The number of nitrogens with zero attached hydrogens (tertiary/aromatic N) is 1. The minimum absolute atomic E-state index is 0.0189. The highest BCUT2D eigenvalue weighted by atomic mass is 16.2. The van der Waals surface area contributed by atoms with Crippen LogP contribution in [-0.2, 0) is 11.2 Å². The molecule has 4 nitrogen and oxygen atoms in total. The highest BCUT2D eigenvalue weighted by Crippen LogP contribution is 2.35. The van der Waals surface area contributed by atoms with Crippen LogP contribution in [0.3, 0.4) is 0 Å². The van der Waals surface area contributed by atoms with Crippen LogP contribution in [0.2, 0.25) is 0 Å². The number of benzene rings is 2. The Bertz CT molecular complexity index is 810. The molecule has 1 heterocycles. The molecule has 4 rings (SSSR count). The third kappa shape index (κ3) is 2.88. The van der Waals surface area contributed by atoms with Gasteiger partial charge in [0.2, 0.25) is 5.91 Å². The minimum atomic E-state index is -0.486. The quantitative estimate of drug-likeness (QED) is 0.910. The fourth-order valence-electron chi connectivity index (χ4n) is 4.14. The molecule has 122 valence electrons. The van der Waals surface area contributed by atoms with Gasteiger partial charge in [-0.2, -0.15) is 5.26 Å². The molecule has 1 aliphatic carbocycles. The van der Waals surface area contributed by atoms with Gasteiger partial charge in [0.25, 0.3) is 0 Å². The van der Waals surface area contributed by atoms with Crippen LogP contribution in [0.1, 0.15) is 24.8 Å². The number of nitrogens with one attached hydrogen (secondary N) is 2. The Kier molecular flexibility index (Phi) is 3.95. The van der Waals surface area contributed by atoms with Crippen molar-refractivity contribution in [3.05, 3.63) is 48.0 Å². The lowest BCUT2D eigenvalue weighted by Crippen LogP contribution is -2.50. The Morgan fingerprint density at radius 3 is 2.79 bits per heavy atom. The summed E-state index contributed by atoms with van der Waals surface area (Å²) in [6.45, 7) is 0. The first-order chi connectivity index (χ1) is 11.7. The Labute approximate surface area is 141 Å². The number of hydrogen-bond donors (Lipinski definition) is 2. The van der Waals surface area contributed by atoms with E-state index in [4.69, 9.17) is 0 Å². The van der Waals surface area contributed by atoms with Gasteiger partial charge in [-0.15, -0.1) is 0 Å². The molecule has 2 fully saturated rings. The smallest absolute Gasteiger partial charge is 0.238 e. The topological polar surface area (TPSA) is 64.9 Å². The van der Waals surface area contributed by atoms with Gasteiger partial charge in [0, 0.05) is 12.5 Å². The van der Waals surface area contributed by atoms with Gasteiger partial charge in [-0.05, 0) is 41.5 Å². The van der Waals surface area contributed by atoms with E-state index in [-0.39, 0.29) is 11.9 Å². The van der Waals surface area contributed by atoms with Crippen LogP contribution in [0.5, 0.6) is 0 Å². The van der Waals surface area contributed by atoms with E-state index in [0.717, 1.165) is 23.8 Å². The lowest BCUT2D eigenvalue weighted by atomic mass is 9.98. The predicted octanol–water partition coefficient (Wildman–Crippen LogP) is 2.53. The normalized spacial score (nSPS) is 26.2.